The third-order valence-electron chi connectivity index (χ3n) is 6.14. The molecule has 0 saturated carbocycles. The van der Waals surface area contributed by atoms with Crippen LogP contribution in [0.5, 0.6) is 0 Å². The van der Waals surface area contributed by atoms with E-state index in [0.717, 1.165) is 48.7 Å². The molecule has 2 N–H and O–H groups in total. The average molecular weight is 488 g/mol. The zero-order valence-corrected chi connectivity index (χ0v) is 21.0. The second-order valence-electron chi connectivity index (χ2n) is 8.71. The quantitative estimate of drug-likeness (QED) is 0.264. The summed E-state index contributed by atoms with van der Waals surface area (Å²) in [4.78, 5) is 4.47. The second kappa shape index (κ2) is 12.1. The van der Waals surface area contributed by atoms with E-state index in [9.17, 15) is 8.42 Å². The molecule has 0 saturated heterocycles. The lowest BCUT2D eigenvalue weighted by atomic mass is 9.99. The van der Waals surface area contributed by atoms with Gasteiger partial charge in [-0.25, -0.2) is 13.1 Å². The first kappa shape index (κ1) is 25.0. The minimum Gasteiger partial charge on any atom is -0.315 e. The number of pyridine rings is 1. The molecule has 0 unspecified atom stereocenters. The van der Waals surface area contributed by atoms with Crippen molar-refractivity contribution in [3.05, 3.63) is 96.3 Å². The maximum Gasteiger partial charge on any atom is 0.241 e. The van der Waals surface area contributed by atoms with Crippen LogP contribution in [0, 0.1) is 0 Å². The van der Waals surface area contributed by atoms with Crippen LogP contribution in [0.1, 0.15) is 30.9 Å². The number of nitrogens with zero attached hydrogens (tertiary/aromatic N) is 1. The van der Waals surface area contributed by atoms with Crippen molar-refractivity contribution in [3.63, 3.8) is 0 Å². The van der Waals surface area contributed by atoms with Gasteiger partial charge in [-0.1, -0.05) is 67.9 Å². The van der Waals surface area contributed by atoms with Crippen molar-refractivity contribution < 1.29 is 8.42 Å². The van der Waals surface area contributed by atoms with Gasteiger partial charge in [0.2, 0.25) is 10.0 Å². The predicted octanol–water partition coefficient (Wildman–Crippen LogP) is 5.36. The molecule has 6 heteroatoms. The molecule has 1 aromatic heterocycles. The van der Waals surface area contributed by atoms with Crippen LogP contribution < -0.4 is 10.0 Å². The summed E-state index contributed by atoms with van der Waals surface area (Å²) in [6, 6.07) is 23.9. The monoisotopic (exact) mass is 487 g/mol. The molecule has 0 bridgehead atoms. The van der Waals surface area contributed by atoms with Crippen LogP contribution in [-0.2, 0) is 22.9 Å². The number of rotatable bonds is 12. The Morgan fingerprint density at radius 1 is 0.800 bits per heavy atom. The van der Waals surface area contributed by atoms with Gasteiger partial charge in [0.1, 0.15) is 0 Å². The van der Waals surface area contributed by atoms with Crippen LogP contribution in [0.25, 0.3) is 21.9 Å². The Bertz CT molecular complexity index is 1350. The van der Waals surface area contributed by atoms with E-state index >= 15 is 0 Å². The molecule has 4 rings (SSSR count). The number of aromatic nitrogens is 1. The molecular weight excluding hydrogens is 454 g/mol. The molecule has 0 atom stereocenters. The SMILES string of the molecule is CCCc1ccccc1CCCNCCNS(=O)(=O)c1cc(-c2ccccc2)cc2cnccc12. The van der Waals surface area contributed by atoms with Crippen LogP contribution in [0.2, 0.25) is 0 Å². The molecule has 3 aromatic carbocycles. The van der Waals surface area contributed by atoms with Crippen LogP contribution >= 0.6 is 0 Å². The molecule has 4 aromatic rings. The molecule has 0 fully saturated rings. The van der Waals surface area contributed by atoms with E-state index in [1.807, 2.05) is 36.4 Å². The minimum atomic E-state index is -3.68. The number of sulfonamides is 1. The summed E-state index contributed by atoms with van der Waals surface area (Å²) in [6.45, 7) is 3.96. The fourth-order valence-corrected chi connectivity index (χ4v) is 5.67. The van der Waals surface area contributed by atoms with E-state index in [-0.39, 0.29) is 4.90 Å². The highest BCUT2D eigenvalue weighted by Gasteiger charge is 2.18. The van der Waals surface area contributed by atoms with E-state index in [1.165, 1.54) is 11.1 Å². The van der Waals surface area contributed by atoms with Crippen molar-refractivity contribution in [1.29, 1.82) is 0 Å². The Kier molecular flexibility index (Phi) is 8.64. The summed E-state index contributed by atoms with van der Waals surface area (Å²) in [5.74, 6) is 0. The van der Waals surface area contributed by atoms with Gasteiger partial charge in [-0.3, -0.25) is 4.98 Å². The molecule has 182 valence electrons. The zero-order chi connectivity index (χ0) is 24.5. The summed E-state index contributed by atoms with van der Waals surface area (Å²) in [5, 5.41) is 4.84. The molecule has 0 aliphatic rings. The Hall–Kier alpha value is -3.06. The minimum absolute atomic E-state index is 0.281. The maximum atomic E-state index is 13.2. The molecule has 5 nitrogen and oxygen atoms in total. The topological polar surface area (TPSA) is 71.1 Å². The van der Waals surface area contributed by atoms with E-state index in [4.69, 9.17) is 0 Å². The third kappa shape index (κ3) is 6.54. The van der Waals surface area contributed by atoms with Crippen LogP contribution in [0.3, 0.4) is 0 Å². The van der Waals surface area contributed by atoms with Gasteiger partial charge in [0.15, 0.2) is 0 Å². The maximum absolute atomic E-state index is 13.2. The predicted molar refractivity (Wildman–Crippen MR) is 144 cm³/mol. The number of nitrogens with one attached hydrogen (secondary N) is 2. The first-order chi connectivity index (χ1) is 17.1. The van der Waals surface area contributed by atoms with E-state index in [2.05, 4.69) is 46.2 Å². The van der Waals surface area contributed by atoms with Crippen molar-refractivity contribution in [3.8, 4) is 11.1 Å². The number of fused-ring (bicyclic) bond motifs is 1. The molecule has 0 spiro atoms. The Balaban J connectivity index is 1.35. The van der Waals surface area contributed by atoms with Crippen LogP contribution in [0.15, 0.2) is 90.1 Å². The van der Waals surface area contributed by atoms with Gasteiger partial charge >= 0.3 is 0 Å². The highest BCUT2D eigenvalue weighted by molar-refractivity contribution is 7.89. The van der Waals surface area contributed by atoms with E-state index < -0.39 is 10.0 Å². The molecule has 0 aliphatic heterocycles. The van der Waals surface area contributed by atoms with Gasteiger partial charge in [0.05, 0.1) is 4.90 Å². The largest absolute Gasteiger partial charge is 0.315 e. The number of hydrogen-bond acceptors (Lipinski definition) is 4. The standard InChI is InChI=1S/C29H33N3O2S/c1-2-9-23-12-6-7-13-24(23)14-8-16-30-18-19-32-35(33,34)29-21-26(25-10-4-3-5-11-25)20-27-22-31-17-15-28(27)29/h3-7,10-13,15,17,20-22,30,32H,2,8-9,14,16,18-19H2,1H3. The molecule has 0 radical (unpaired) electrons. The summed E-state index contributed by atoms with van der Waals surface area (Å²) in [7, 11) is -3.68. The molecule has 35 heavy (non-hydrogen) atoms. The fraction of sp³-hybridized carbons (Fsp3) is 0.276. The normalized spacial score (nSPS) is 11.7. The lowest BCUT2D eigenvalue weighted by Gasteiger charge is -2.13. The van der Waals surface area contributed by atoms with Gasteiger partial charge in [-0.15, -0.1) is 0 Å². The zero-order valence-electron chi connectivity index (χ0n) is 20.2. The Morgan fingerprint density at radius 2 is 1.54 bits per heavy atom. The first-order valence-corrected chi connectivity index (χ1v) is 13.8. The summed E-state index contributed by atoms with van der Waals surface area (Å²) in [6.07, 6.45) is 7.65. The molecule has 0 amide bonds. The van der Waals surface area contributed by atoms with Crippen LogP contribution in [0.4, 0.5) is 0 Å². The van der Waals surface area contributed by atoms with Gasteiger partial charge in [0, 0.05) is 36.3 Å². The third-order valence-corrected chi connectivity index (χ3v) is 7.64. The molecular formula is C29H33N3O2S. The van der Waals surface area contributed by atoms with Crippen molar-refractivity contribution >= 4 is 20.8 Å². The van der Waals surface area contributed by atoms with Crippen molar-refractivity contribution in [1.82, 2.24) is 15.0 Å². The van der Waals surface area contributed by atoms with Crippen molar-refractivity contribution in [2.24, 2.45) is 0 Å². The lowest BCUT2D eigenvalue weighted by Crippen LogP contribution is -2.32. The summed E-state index contributed by atoms with van der Waals surface area (Å²) < 4.78 is 29.3. The number of hydrogen-bond donors (Lipinski definition) is 2. The molecule has 1 heterocycles. The first-order valence-electron chi connectivity index (χ1n) is 12.3. The lowest BCUT2D eigenvalue weighted by molar-refractivity contribution is 0.574. The average Bonchev–Trinajstić information content (AvgIpc) is 2.89. The number of aryl methyl sites for hydroxylation is 2. The summed E-state index contributed by atoms with van der Waals surface area (Å²) >= 11 is 0. The molecule has 0 aliphatic carbocycles. The van der Waals surface area contributed by atoms with E-state index in [0.29, 0.717) is 18.5 Å². The highest BCUT2D eigenvalue weighted by Crippen LogP contribution is 2.30. The van der Waals surface area contributed by atoms with E-state index in [1.54, 1.807) is 24.5 Å². The van der Waals surface area contributed by atoms with Crippen molar-refractivity contribution in [2.75, 3.05) is 19.6 Å². The van der Waals surface area contributed by atoms with Gasteiger partial charge in [0.25, 0.3) is 0 Å². The number of benzene rings is 3. The van der Waals surface area contributed by atoms with Crippen molar-refractivity contribution in [2.45, 2.75) is 37.5 Å². The summed E-state index contributed by atoms with van der Waals surface area (Å²) in [5.41, 5.74) is 4.67. The Labute approximate surface area is 208 Å². The second-order valence-corrected chi connectivity index (χ2v) is 10.4. The van der Waals surface area contributed by atoms with Gasteiger partial charge in [-0.05, 0) is 66.3 Å². The van der Waals surface area contributed by atoms with Gasteiger partial charge in [-0.2, -0.15) is 0 Å². The smallest absolute Gasteiger partial charge is 0.241 e. The van der Waals surface area contributed by atoms with Gasteiger partial charge < -0.3 is 5.32 Å². The Morgan fingerprint density at radius 3 is 2.31 bits per heavy atom. The highest BCUT2D eigenvalue weighted by atomic mass is 32.2. The van der Waals surface area contributed by atoms with Crippen LogP contribution in [-0.4, -0.2) is 33.0 Å². The fourth-order valence-electron chi connectivity index (χ4n) is 4.39.